The molecule has 0 spiro atoms. The molecule has 1 aromatic carbocycles. The maximum absolute atomic E-state index is 15.7. The molecule has 42 heavy (non-hydrogen) atoms. The number of benzene rings is 1. The second kappa shape index (κ2) is 12.2. The first-order chi connectivity index (χ1) is 20.4. The maximum Gasteiger partial charge on any atom is 0.246 e. The first-order valence-electron chi connectivity index (χ1n) is 13.5. The summed E-state index contributed by atoms with van der Waals surface area (Å²) >= 11 is 1.39. The summed E-state index contributed by atoms with van der Waals surface area (Å²) in [5.41, 5.74) is 3.45. The predicted molar refractivity (Wildman–Crippen MR) is 158 cm³/mol. The average molecular weight is 593 g/mol. The molecule has 0 fully saturated rings. The van der Waals surface area contributed by atoms with Gasteiger partial charge in [-0.05, 0) is 23.6 Å². The zero-order valence-corrected chi connectivity index (χ0v) is 24.3. The number of nitrogens with zero attached hydrogens (tertiary/aromatic N) is 6. The fraction of sp³-hybridized carbons (Fsp3) is 0.267. The van der Waals surface area contributed by atoms with Gasteiger partial charge in [0.1, 0.15) is 35.4 Å². The average Bonchev–Trinajstić information content (AvgIpc) is 3.75. The molecule has 0 saturated carbocycles. The fourth-order valence-electron chi connectivity index (χ4n) is 4.97. The van der Waals surface area contributed by atoms with Crippen LogP contribution in [0, 0.1) is 11.6 Å². The number of halogens is 2. The monoisotopic (exact) mass is 592 g/mol. The Morgan fingerprint density at radius 1 is 1.19 bits per heavy atom. The van der Waals surface area contributed by atoms with Crippen molar-refractivity contribution >= 4 is 27.3 Å². The van der Waals surface area contributed by atoms with Crippen molar-refractivity contribution in [2.45, 2.75) is 26.9 Å². The van der Waals surface area contributed by atoms with Crippen LogP contribution in [0.2, 0.25) is 0 Å². The highest BCUT2D eigenvalue weighted by Crippen LogP contribution is 2.47. The van der Waals surface area contributed by atoms with E-state index in [1.807, 2.05) is 44.6 Å². The van der Waals surface area contributed by atoms with Crippen LogP contribution in [0.4, 0.5) is 8.78 Å². The zero-order valence-electron chi connectivity index (χ0n) is 23.5. The first-order valence-corrected chi connectivity index (χ1v) is 14.4. The summed E-state index contributed by atoms with van der Waals surface area (Å²) in [4.78, 5) is 18.9. The third-order valence-corrected chi connectivity index (χ3v) is 7.66. The number of hydrogen-bond acceptors (Lipinski definition) is 7. The first kappa shape index (κ1) is 29.1. The Hall–Kier alpha value is -4.42. The molecule has 12 heteroatoms. The van der Waals surface area contributed by atoms with Gasteiger partial charge in [-0.3, -0.25) is 14.2 Å². The predicted octanol–water partition coefficient (Wildman–Crippen LogP) is 5.43. The Bertz CT molecular complexity index is 1780. The third kappa shape index (κ3) is 5.30. The summed E-state index contributed by atoms with van der Waals surface area (Å²) in [7, 11) is 1.81. The van der Waals surface area contributed by atoms with Crippen LogP contribution in [0.25, 0.3) is 43.9 Å². The third-order valence-electron chi connectivity index (χ3n) is 6.73. The van der Waals surface area contributed by atoms with Crippen molar-refractivity contribution in [1.29, 1.82) is 0 Å². The summed E-state index contributed by atoms with van der Waals surface area (Å²) < 4.78 is 39.8. The molecule has 5 aromatic rings. The number of hydrogen-bond donors (Lipinski definition) is 1. The molecule has 0 aliphatic carbocycles. The molecule has 4 aromatic heterocycles. The van der Waals surface area contributed by atoms with E-state index in [1.54, 1.807) is 20.5 Å². The minimum absolute atomic E-state index is 0.0250. The summed E-state index contributed by atoms with van der Waals surface area (Å²) in [5.74, 6) is -1.86. The van der Waals surface area contributed by atoms with Gasteiger partial charge in [-0.2, -0.15) is 10.2 Å². The quantitative estimate of drug-likeness (QED) is 0.253. The van der Waals surface area contributed by atoms with Gasteiger partial charge >= 0.3 is 0 Å². The summed E-state index contributed by atoms with van der Waals surface area (Å²) in [6, 6.07) is 5.63. The Morgan fingerprint density at radius 2 is 2.00 bits per heavy atom. The lowest BCUT2D eigenvalue weighted by molar-refractivity contribution is -0.127. The Labute approximate surface area is 245 Å². The smallest absolute Gasteiger partial charge is 0.246 e. The van der Waals surface area contributed by atoms with E-state index in [4.69, 9.17) is 14.8 Å². The number of aliphatic hydroxyl groups excluding tert-OH is 1. The van der Waals surface area contributed by atoms with Crippen LogP contribution in [0.15, 0.2) is 54.7 Å². The van der Waals surface area contributed by atoms with E-state index in [2.05, 4.69) is 11.7 Å². The minimum atomic E-state index is -0.827. The standard InChI is InChI=1S/C28H24F2N6O3S.C2H6/c1-3-23(38)35-5-6-36-18(15-35)12-21(33-36)27-25(24-20(30)10-17(29)11-22(24)39-8-7-37)28-19(4-9-40-28)26(32-27)16-13-31-34(2)14-16;1-2/h3-4,9-14,37H,1,5-8,15H2,2H3;1-2H3. The molecule has 1 aliphatic heterocycles. The van der Waals surface area contributed by atoms with Gasteiger partial charge in [-0.15, -0.1) is 11.3 Å². The molecule has 0 unspecified atom stereocenters. The van der Waals surface area contributed by atoms with Crippen LogP contribution in [0.1, 0.15) is 19.5 Å². The van der Waals surface area contributed by atoms with Crippen molar-refractivity contribution in [2.24, 2.45) is 7.05 Å². The van der Waals surface area contributed by atoms with E-state index in [0.717, 1.165) is 28.8 Å². The molecule has 6 rings (SSSR count). The molecule has 5 heterocycles. The van der Waals surface area contributed by atoms with E-state index in [-0.39, 0.29) is 30.4 Å². The Morgan fingerprint density at radius 3 is 2.71 bits per heavy atom. The zero-order chi connectivity index (χ0) is 30.0. The number of aliphatic hydroxyl groups is 1. The lowest BCUT2D eigenvalue weighted by Gasteiger charge is -2.26. The van der Waals surface area contributed by atoms with Gasteiger partial charge in [0, 0.05) is 53.1 Å². The highest BCUT2D eigenvalue weighted by Gasteiger charge is 2.28. The Kier molecular flexibility index (Phi) is 8.46. The van der Waals surface area contributed by atoms with Crippen LogP contribution >= 0.6 is 11.3 Å². The number of pyridine rings is 1. The molecule has 0 atom stereocenters. The number of carbonyl (C=O) groups is 1. The van der Waals surface area contributed by atoms with Crippen LogP contribution < -0.4 is 4.74 Å². The number of aromatic nitrogens is 5. The molecule has 1 aliphatic rings. The van der Waals surface area contributed by atoms with E-state index < -0.39 is 11.6 Å². The van der Waals surface area contributed by atoms with Crippen LogP contribution in [-0.4, -0.2) is 60.2 Å². The van der Waals surface area contributed by atoms with Gasteiger partial charge in [-0.25, -0.2) is 13.8 Å². The molecule has 1 N–H and O–H groups in total. The minimum Gasteiger partial charge on any atom is -0.490 e. The summed E-state index contributed by atoms with van der Waals surface area (Å²) in [5, 5.41) is 21.1. The molecular weight excluding hydrogens is 562 g/mol. The van der Waals surface area contributed by atoms with E-state index in [9.17, 15) is 14.3 Å². The Balaban J connectivity index is 0.00000173. The van der Waals surface area contributed by atoms with E-state index in [0.29, 0.717) is 47.0 Å². The number of amides is 1. The molecular formula is C30H30F2N6O3S. The van der Waals surface area contributed by atoms with Gasteiger partial charge in [0.05, 0.1) is 42.8 Å². The molecule has 218 valence electrons. The van der Waals surface area contributed by atoms with Crippen molar-refractivity contribution in [3.05, 3.63) is 72.0 Å². The molecule has 9 nitrogen and oxygen atoms in total. The fourth-order valence-corrected chi connectivity index (χ4v) is 5.92. The molecule has 1 amide bonds. The molecule has 0 saturated heterocycles. The second-order valence-corrected chi connectivity index (χ2v) is 10.2. The van der Waals surface area contributed by atoms with E-state index in [1.165, 1.54) is 17.4 Å². The van der Waals surface area contributed by atoms with Crippen molar-refractivity contribution in [2.75, 3.05) is 19.8 Å². The second-order valence-electron chi connectivity index (χ2n) is 9.29. The number of carbonyl (C=O) groups excluding carboxylic acids is 1. The van der Waals surface area contributed by atoms with Crippen molar-refractivity contribution < 1.29 is 23.4 Å². The van der Waals surface area contributed by atoms with Crippen LogP contribution in [-0.2, 0) is 24.9 Å². The van der Waals surface area contributed by atoms with Crippen molar-refractivity contribution in [1.82, 2.24) is 29.4 Å². The maximum atomic E-state index is 15.7. The van der Waals surface area contributed by atoms with Gasteiger partial charge < -0.3 is 14.7 Å². The van der Waals surface area contributed by atoms with Gasteiger partial charge in [-0.1, -0.05) is 20.4 Å². The van der Waals surface area contributed by atoms with Crippen LogP contribution in [0.5, 0.6) is 5.75 Å². The number of rotatable bonds is 7. The summed E-state index contributed by atoms with van der Waals surface area (Å²) in [6.07, 6.45) is 4.82. The topological polar surface area (TPSA) is 98.3 Å². The highest BCUT2D eigenvalue weighted by atomic mass is 32.1. The number of ether oxygens (including phenoxy) is 1. The molecule has 0 bridgehead atoms. The normalized spacial score (nSPS) is 12.6. The van der Waals surface area contributed by atoms with Gasteiger partial charge in [0.25, 0.3) is 0 Å². The van der Waals surface area contributed by atoms with Crippen LogP contribution in [0.3, 0.4) is 0 Å². The highest BCUT2D eigenvalue weighted by molar-refractivity contribution is 7.18. The number of fused-ring (bicyclic) bond motifs is 2. The van der Waals surface area contributed by atoms with Gasteiger partial charge in [0.15, 0.2) is 0 Å². The SMILES string of the molecule is C=CC(=O)N1CCn2nc(-c3nc(-c4cnn(C)c4)c4ccsc4c3-c3c(F)cc(F)cc3OCCO)cc2C1.CC. The van der Waals surface area contributed by atoms with Crippen molar-refractivity contribution in [3.63, 3.8) is 0 Å². The summed E-state index contributed by atoms with van der Waals surface area (Å²) in [6.45, 7) is 8.37. The molecule has 0 radical (unpaired) electrons. The van der Waals surface area contributed by atoms with E-state index >= 15 is 4.39 Å². The van der Waals surface area contributed by atoms with Crippen molar-refractivity contribution in [3.8, 4) is 39.5 Å². The van der Waals surface area contributed by atoms with Gasteiger partial charge in [0.2, 0.25) is 5.91 Å². The largest absolute Gasteiger partial charge is 0.490 e. The lowest BCUT2D eigenvalue weighted by Crippen LogP contribution is -2.37. The number of aryl methyl sites for hydroxylation is 1. The number of thiophene rings is 1. The lowest BCUT2D eigenvalue weighted by atomic mass is 9.97.